The highest BCUT2D eigenvalue weighted by Gasteiger charge is 2.42. The number of ether oxygens (including phenoxy) is 1. The van der Waals surface area contributed by atoms with E-state index in [1.807, 2.05) is 44.2 Å². The van der Waals surface area contributed by atoms with Crippen LogP contribution < -0.4 is 16.0 Å². The van der Waals surface area contributed by atoms with E-state index in [1.165, 1.54) is 30.3 Å². The summed E-state index contributed by atoms with van der Waals surface area (Å²) >= 11 is 0. The van der Waals surface area contributed by atoms with Gasteiger partial charge in [0.15, 0.2) is 6.29 Å². The quantitative estimate of drug-likeness (QED) is 0.328. The molecule has 1 heterocycles. The fraction of sp³-hybridized carbons (Fsp3) is 0.393. The van der Waals surface area contributed by atoms with E-state index >= 15 is 0 Å². The molecule has 2 aromatic rings. The van der Waals surface area contributed by atoms with E-state index in [1.54, 1.807) is 0 Å². The first-order chi connectivity index (χ1) is 18.6. The summed E-state index contributed by atoms with van der Waals surface area (Å²) in [5.41, 5.74) is 1.47. The van der Waals surface area contributed by atoms with Crippen LogP contribution in [0.2, 0.25) is 0 Å². The van der Waals surface area contributed by atoms with Crippen molar-refractivity contribution >= 4 is 23.4 Å². The summed E-state index contributed by atoms with van der Waals surface area (Å²) in [6, 6.07) is 14.9. The largest absolute Gasteiger partial charge is 0.487 e. The normalized spacial score (nSPS) is 22.1. The van der Waals surface area contributed by atoms with Gasteiger partial charge in [0.2, 0.25) is 5.91 Å². The lowest BCUT2D eigenvalue weighted by Crippen LogP contribution is -2.58. The van der Waals surface area contributed by atoms with E-state index in [-0.39, 0.29) is 46.8 Å². The second-order valence-electron chi connectivity index (χ2n) is 9.80. The minimum Gasteiger partial charge on any atom is -0.457 e. The molecule has 39 heavy (non-hydrogen) atoms. The Labute approximate surface area is 225 Å². The second-order valence-corrected chi connectivity index (χ2v) is 9.80. The third-order valence-corrected chi connectivity index (χ3v) is 6.44. The van der Waals surface area contributed by atoms with Gasteiger partial charge in [-0.2, -0.15) is 0 Å². The standard InChI is InChI=1S/C28H32F3N5O3/c1-18(2)32-25(37)22-9-6-10-23(22)34-24-15-16-36(28(29,30)31)27(35-24)33-21-13-11-20(12-14-21)26(38)39-17-19-7-4-3-5-8-19/h3-5,7-8,11-16,18,22-23,27,33H,6,9-10,17H2,1-2H3,(H,32,37)(H,34,35)/t22-,23+,27?/m0/s1. The van der Waals surface area contributed by atoms with Crippen LogP contribution >= 0.6 is 0 Å². The molecule has 0 radical (unpaired) electrons. The Balaban J connectivity index is 1.43. The summed E-state index contributed by atoms with van der Waals surface area (Å²) in [5.74, 6) is -0.701. The number of hydrogen-bond acceptors (Lipinski definition) is 6. The van der Waals surface area contributed by atoms with Gasteiger partial charge in [0.25, 0.3) is 0 Å². The Bertz CT molecular complexity index is 1200. The second kappa shape index (κ2) is 12.2. The molecule has 1 amide bonds. The van der Waals surface area contributed by atoms with E-state index in [9.17, 15) is 22.8 Å². The summed E-state index contributed by atoms with van der Waals surface area (Å²) in [4.78, 5) is 29.7. The zero-order valence-corrected chi connectivity index (χ0v) is 21.7. The molecule has 1 unspecified atom stereocenters. The summed E-state index contributed by atoms with van der Waals surface area (Å²) in [6.45, 7) is 3.87. The highest BCUT2D eigenvalue weighted by atomic mass is 19.4. The van der Waals surface area contributed by atoms with Crippen LogP contribution in [0.3, 0.4) is 0 Å². The molecule has 8 nitrogen and oxygen atoms in total. The number of carbonyl (C=O) groups is 2. The van der Waals surface area contributed by atoms with Crippen LogP contribution in [0.4, 0.5) is 18.9 Å². The van der Waals surface area contributed by atoms with Gasteiger partial charge >= 0.3 is 12.3 Å². The number of halogens is 3. The summed E-state index contributed by atoms with van der Waals surface area (Å²) in [6.07, 6.45) is -1.71. The number of amides is 1. The Morgan fingerprint density at radius 2 is 1.82 bits per heavy atom. The molecule has 208 valence electrons. The first-order valence-electron chi connectivity index (χ1n) is 12.9. The van der Waals surface area contributed by atoms with Crippen molar-refractivity contribution in [2.75, 3.05) is 5.32 Å². The van der Waals surface area contributed by atoms with Crippen LogP contribution in [0.1, 0.15) is 49.0 Å². The average Bonchev–Trinajstić information content (AvgIpc) is 3.36. The van der Waals surface area contributed by atoms with E-state index in [2.05, 4.69) is 20.9 Å². The number of rotatable bonds is 8. The molecule has 1 aliphatic carbocycles. The third-order valence-electron chi connectivity index (χ3n) is 6.44. The fourth-order valence-electron chi connectivity index (χ4n) is 4.55. The molecule has 0 spiro atoms. The number of esters is 1. The van der Waals surface area contributed by atoms with Crippen LogP contribution in [-0.2, 0) is 16.1 Å². The number of nitrogens with zero attached hydrogens (tertiary/aromatic N) is 2. The number of benzene rings is 2. The van der Waals surface area contributed by atoms with Crippen LogP contribution in [0.15, 0.2) is 71.9 Å². The van der Waals surface area contributed by atoms with Crippen molar-refractivity contribution in [3.8, 4) is 0 Å². The third kappa shape index (κ3) is 7.52. The lowest BCUT2D eigenvalue weighted by atomic mass is 10.0. The maximum Gasteiger partial charge on any atom is 0.487 e. The maximum atomic E-state index is 13.8. The minimum absolute atomic E-state index is 0.00913. The topological polar surface area (TPSA) is 95.1 Å². The van der Waals surface area contributed by atoms with Crippen LogP contribution in [0.25, 0.3) is 0 Å². The zero-order valence-electron chi connectivity index (χ0n) is 21.7. The lowest BCUT2D eigenvalue weighted by molar-refractivity contribution is -0.238. The van der Waals surface area contributed by atoms with Crippen LogP contribution in [0.5, 0.6) is 0 Å². The smallest absolute Gasteiger partial charge is 0.457 e. The fourth-order valence-corrected chi connectivity index (χ4v) is 4.55. The van der Waals surface area contributed by atoms with Gasteiger partial charge in [-0.1, -0.05) is 36.8 Å². The van der Waals surface area contributed by atoms with Gasteiger partial charge in [-0.3, -0.25) is 14.7 Å². The monoisotopic (exact) mass is 543 g/mol. The molecule has 3 atom stereocenters. The van der Waals surface area contributed by atoms with Crippen molar-refractivity contribution in [2.45, 2.75) is 64.4 Å². The zero-order chi connectivity index (χ0) is 28.0. The summed E-state index contributed by atoms with van der Waals surface area (Å²) < 4.78 is 46.6. The van der Waals surface area contributed by atoms with Gasteiger partial charge in [0, 0.05) is 17.9 Å². The van der Waals surface area contributed by atoms with Crippen molar-refractivity contribution in [2.24, 2.45) is 10.9 Å². The molecule has 3 N–H and O–H groups in total. The number of nitrogens with one attached hydrogen (secondary N) is 3. The molecular weight excluding hydrogens is 511 g/mol. The first-order valence-corrected chi connectivity index (χ1v) is 12.9. The molecule has 1 fully saturated rings. The van der Waals surface area contributed by atoms with Gasteiger partial charge in [-0.25, -0.2) is 4.79 Å². The van der Waals surface area contributed by atoms with Crippen molar-refractivity contribution in [3.05, 3.63) is 78.0 Å². The number of hydrogen-bond donors (Lipinski definition) is 3. The highest BCUT2D eigenvalue weighted by molar-refractivity contribution is 5.94. The Kier molecular flexibility index (Phi) is 8.78. The van der Waals surface area contributed by atoms with Gasteiger partial charge < -0.3 is 20.7 Å². The molecule has 2 aliphatic rings. The summed E-state index contributed by atoms with van der Waals surface area (Å²) in [5, 5.41) is 8.50. The van der Waals surface area contributed by atoms with Crippen molar-refractivity contribution in [1.82, 2.24) is 15.5 Å². The van der Waals surface area contributed by atoms with Crippen molar-refractivity contribution in [1.29, 1.82) is 0 Å². The van der Waals surface area contributed by atoms with E-state index in [0.717, 1.165) is 18.2 Å². The minimum atomic E-state index is -4.67. The van der Waals surface area contributed by atoms with Crippen molar-refractivity contribution in [3.63, 3.8) is 0 Å². The van der Waals surface area contributed by atoms with E-state index < -0.39 is 18.6 Å². The predicted molar refractivity (Wildman–Crippen MR) is 141 cm³/mol. The highest BCUT2D eigenvalue weighted by Crippen LogP contribution is 2.30. The number of alkyl halides is 3. The Hall–Kier alpha value is -4.02. The number of aliphatic imine (C=N–C) groups is 1. The molecular formula is C28H32F3N5O3. The molecule has 0 bridgehead atoms. The molecule has 2 aromatic carbocycles. The number of carbonyl (C=O) groups excluding carboxylic acids is 2. The van der Waals surface area contributed by atoms with Crippen LogP contribution in [0, 0.1) is 5.92 Å². The first kappa shape index (κ1) is 28.0. The van der Waals surface area contributed by atoms with E-state index in [0.29, 0.717) is 18.5 Å². The molecule has 0 saturated heterocycles. The van der Waals surface area contributed by atoms with Gasteiger partial charge in [0.05, 0.1) is 17.5 Å². The Morgan fingerprint density at radius 3 is 2.49 bits per heavy atom. The molecule has 0 aromatic heterocycles. The van der Waals surface area contributed by atoms with Gasteiger partial charge in [-0.05, 0) is 62.6 Å². The van der Waals surface area contributed by atoms with Gasteiger partial charge in [0.1, 0.15) is 12.4 Å². The molecule has 1 saturated carbocycles. The van der Waals surface area contributed by atoms with Crippen LogP contribution in [-0.4, -0.2) is 47.3 Å². The predicted octanol–water partition coefficient (Wildman–Crippen LogP) is 4.77. The molecule has 1 aliphatic heterocycles. The lowest BCUT2D eigenvalue weighted by Gasteiger charge is -2.37. The average molecular weight is 544 g/mol. The van der Waals surface area contributed by atoms with Crippen molar-refractivity contribution < 1.29 is 27.5 Å². The SMILES string of the molecule is CC(C)NC(=O)[C@H]1CCC[C@H]1N=C1C=CN(C(F)(F)F)C(Nc2ccc(C(=O)OCc3ccccc3)cc2)N1. The Morgan fingerprint density at radius 1 is 1.10 bits per heavy atom. The number of anilines is 1. The molecule has 4 rings (SSSR count). The molecule has 11 heteroatoms. The van der Waals surface area contributed by atoms with E-state index in [4.69, 9.17) is 4.74 Å². The summed E-state index contributed by atoms with van der Waals surface area (Å²) in [7, 11) is 0. The van der Waals surface area contributed by atoms with Gasteiger partial charge in [-0.15, -0.1) is 13.2 Å². The number of amidine groups is 1. The maximum absolute atomic E-state index is 13.8.